The van der Waals surface area contributed by atoms with E-state index < -0.39 is 4.92 Å². The molecule has 1 atom stereocenters. The lowest BCUT2D eigenvalue weighted by atomic mass is 9.99. The minimum atomic E-state index is -0.486. The number of rotatable bonds is 5. The van der Waals surface area contributed by atoms with Crippen molar-refractivity contribution in [1.29, 1.82) is 0 Å². The Kier molecular flexibility index (Phi) is 3.92. The number of aromatic nitrogens is 1. The number of amides is 1. The van der Waals surface area contributed by atoms with Crippen LogP contribution >= 0.6 is 0 Å². The minimum absolute atomic E-state index is 0.0616. The predicted molar refractivity (Wildman–Crippen MR) is 77.1 cm³/mol. The van der Waals surface area contributed by atoms with Crippen molar-refractivity contribution < 1.29 is 9.72 Å². The molecule has 0 radical (unpaired) electrons. The fraction of sp³-hybridized carbons (Fsp3) is 0.643. The van der Waals surface area contributed by atoms with Crippen molar-refractivity contribution in [2.75, 3.05) is 19.6 Å². The van der Waals surface area contributed by atoms with E-state index >= 15 is 0 Å². The van der Waals surface area contributed by atoms with E-state index in [1.54, 1.807) is 0 Å². The zero-order chi connectivity index (χ0) is 14.8. The van der Waals surface area contributed by atoms with Crippen LogP contribution in [0.5, 0.6) is 0 Å². The van der Waals surface area contributed by atoms with E-state index in [1.165, 1.54) is 12.3 Å². The van der Waals surface area contributed by atoms with Gasteiger partial charge in [-0.1, -0.05) is 0 Å². The van der Waals surface area contributed by atoms with Crippen LogP contribution in [0.3, 0.4) is 0 Å². The molecule has 1 aromatic rings. The summed E-state index contributed by atoms with van der Waals surface area (Å²) in [5.74, 6) is 0.365. The van der Waals surface area contributed by atoms with Gasteiger partial charge >= 0.3 is 0 Å². The van der Waals surface area contributed by atoms with E-state index in [-0.39, 0.29) is 11.6 Å². The van der Waals surface area contributed by atoms with Crippen molar-refractivity contribution in [3.05, 3.63) is 28.1 Å². The summed E-state index contributed by atoms with van der Waals surface area (Å²) in [4.78, 5) is 27.5. The van der Waals surface area contributed by atoms with Crippen molar-refractivity contribution in [2.24, 2.45) is 5.92 Å². The third-order valence-electron chi connectivity index (χ3n) is 4.21. The number of nitro groups is 1. The Morgan fingerprint density at radius 2 is 2.24 bits per heavy atom. The highest BCUT2D eigenvalue weighted by atomic mass is 16.6. The van der Waals surface area contributed by atoms with Crippen LogP contribution in [0.15, 0.2) is 12.3 Å². The predicted octanol–water partition coefficient (Wildman–Crippen LogP) is 1.53. The van der Waals surface area contributed by atoms with Crippen LogP contribution < -0.4 is 5.32 Å². The van der Waals surface area contributed by atoms with E-state index in [9.17, 15) is 14.9 Å². The lowest BCUT2D eigenvalue weighted by Crippen LogP contribution is -2.42. The molecule has 1 aromatic heterocycles. The van der Waals surface area contributed by atoms with Gasteiger partial charge in [-0.25, -0.2) is 0 Å². The largest absolute Gasteiger partial charge is 0.351 e. The minimum Gasteiger partial charge on any atom is -0.351 e. The van der Waals surface area contributed by atoms with E-state index in [0.717, 1.165) is 45.3 Å². The second-order valence-electron chi connectivity index (χ2n) is 5.93. The van der Waals surface area contributed by atoms with Crippen LogP contribution in [0.2, 0.25) is 0 Å². The number of H-pyrrole nitrogens is 1. The molecule has 1 aliphatic carbocycles. The molecule has 2 fully saturated rings. The monoisotopic (exact) mass is 292 g/mol. The normalized spacial score (nSPS) is 22.0. The van der Waals surface area contributed by atoms with Crippen molar-refractivity contribution in [3.63, 3.8) is 0 Å². The summed E-state index contributed by atoms with van der Waals surface area (Å²) in [5, 5.41) is 14.1. The van der Waals surface area contributed by atoms with E-state index in [1.807, 2.05) is 4.90 Å². The van der Waals surface area contributed by atoms with Crippen LogP contribution in [0.4, 0.5) is 5.69 Å². The lowest BCUT2D eigenvalue weighted by Gasteiger charge is -2.30. The fourth-order valence-electron chi connectivity index (χ4n) is 2.91. The van der Waals surface area contributed by atoms with Crippen molar-refractivity contribution in [2.45, 2.75) is 31.7 Å². The van der Waals surface area contributed by atoms with Gasteiger partial charge in [0.1, 0.15) is 5.69 Å². The zero-order valence-electron chi connectivity index (χ0n) is 11.9. The average Bonchev–Trinajstić information content (AvgIpc) is 3.20. The molecule has 2 heterocycles. The summed E-state index contributed by atoms with van der Waals surface area (Å²) < 4.78 is 0. The number of aromatic amines is 1. The first-order valence-electron chi connectivity index (χ1n) is 7.49. The van der Waals surface area contributed by atoms with Crippen molar-refractivity contribution in [3.8, 4) is 0 Å². The van der Waals surface area contributed by atoms with Crippen LogP contribution in [0.25, 0.3) is 0 Å². The highest BCUT2D eigenvalue weighted by Gasteiger charge is 2.35. The molecule has 114 valence electrons. The van der Waals surface area contributed by atoms with Gasteiger partial charge in [0.25, 0.3) is 11.6 Å². The Balaban J connectivity index is 1.70. The number of carbonyl (C=O) groups is 1. The summed E-state index contributed by atoms with van der Waals surface area (Å²) >= 11 is 0. The first-order valence-corrected chi connectivity index (χ1v) is 7.49. The molecule has 0 bridgehead atoms. The van der Waals surface area contributed by atoms with Gasteiger partial charge in [-0.2, -0.15) is 0 Å². The Hall–Kier alpha value is -1.89. The van der Waals surface area contributed by atoms with Gasteiger partial charge in [-0.3, -0.25) is 14.9 Å². The van der Waals surface area contributed by atoms with Crippen LogP contribution in [0.1, 0.15) is 36.2 Å². The maximum atomic E-state index is 12.6. The Bertz CT molecular complexity index is 532. The number of hydrogen-bond acceptors (Lipinski definition) is 4. The van der Waals surface area contributed by atoms with Crippen molar-refractivity contribution in [1.82, 2.24) is 15.2 Å². The highest BCUT2D eigenvalue weighted by Crippen LogP contribution is 2.30. The third-order valence-corrected chi connectivity index (χ3v) is 4.21. The molecule has 3 rings (SSSR count). The van der Waals surface area contributed by atoms with Crippen LogP contribution in [0, 0.1) is 16.0 Å². The molecule has 2 aliphatic rings. The summed E-state index contributed by atoms with van der Waals surface area (Å²) in [6.07, 6.45) is 5.63. The molecule has 21 heavy (non-hydrogen) atoms. The Labute approximate surface area is 122 Å². The topological polar surface area (TPSA) is 91.3 Å². The SMILES string of the molecule is O=C(c1cc([N+](=O)[O-])c[nH]1)N(CC1CCCNC1)C1CC1. The molecule has 2 N–H and O–H groups in total. The molecule has 1 aliphatic heterocycles. The third kappa shape index (κ3) is 3.24. The molecule has 7 nitrogen and oxygen atoms in total. The second-order valence-corrected chi connectivity index (χ2v) is 5.93. The maximum Gasteiger partial charge on any atom is 0.287 e. The van der Waals surface area contributed by atoms with Gasteiger partial charge in [-0.05, 0) is 44.7 Å². The standard InChI is InChI=1S/C14H20N4O3/c19-14(13-6-12(8-16-13)18(20)21)17(11-3-4-11)9-10-2-1-5-15-7-10/h6,8,10-11,15-16H,1-5,7,9H2. The Morgan fingerprint density at radius 3 is 2.81 bits per heavy atom. The van der Waals surface area contributed by atoms with Gasteiger partial charge in [0.15, 0.2) is 0 Å². The smallest absolute Gasteiger partial charge is 0.287 e. The molecule has 1 amide bonds. The molecule has 1 unspecified atom stereocenters. The fourth-order valence-corrected chi connectivity index (χ4v) is 2.91. The first-order chi connectivity index (χ1) is 10.1. The summed E-state index contributed by atoms with van der Waals surface area (Å²) in [5.41, 5.74) is 0.255. The van der Waals surface area contributed by atoms with Crippen LogP contribution in [-0.4, -0.2) is 46.4 Å². The molecule has 1 saturated carbocycles. The van der Waals surface area contributed by atoms with Crippen LogP contribution in [-0.2, 0) is 0 Å². The Morgan fingerprint density at radius 1 is 1.43 bits per heavy atom. The molecule has 1 saturated heterocycles. The van der Waals surface area contributed by atoms with Gasteiger partial charge < -0.3 is 15.2 Å². The molecule has 0 spiro atoms. The number of hydrogen-bond donors (Lipinski definition) is 2. The lowest BCUT2D eigenvalue weighted by molar-refractivity contribution is -0.384. The summed E-state index contributed by atoms with van der Waals surface area (Å²) in [6, 6.07) is 1.64. The van der Waals surface area contributed by atoms with Gasteiger partial charge in [0.2, 0.25) is 0 Å². The number of piperidine rings is 1. The number of nitrogens with zero attached hydrogens (tertiary/aromatic N) is 2. The van der Waals surface area contributed by atoms with E-state index in [4.69, 9.17) is 0 Å². The molecular weight excluding hydrogens is 272 g/mol. The summed E-state index contributed by atoms with van der Waals surface area (Å²) in [7, 11) is 0. The van der Waals surface area contributed by atoms with E-state index in [0.29, 0.717) is 17.7 Å². The van der Waals surface area contributed by atoms with Gasteiger partial charge in [0, 0.05) is 18.7 Å². The van der Waals surface area contributed by atoms with Crippen molar-refractivity contribution >= 4 is 11.6 Å². The van der Waals surface area contributed by atoms with Gasteiger partial charge in [0.05, 0.1) is 11.1 Å². The summed E-state index contributed by atoms with van der Waals surface area (Å²) in [6.45, 7) is 2.74. The molecule has 7 heteroatoms. The second kappa shape index (κ2) is 5.85. The maximum absolute atomic E-state index is 12.6. The zero-order valence-corrected chi connectivity index (χ0v) is 11.9. The first kappa shape index (κ1) is 14.1. The van der Waals surface area contributed by atoms with E-state index in [2.05, 4.69) is 10.3 Å². The highest BCUT2D eigenvalue weighted by molar-refractivity contribution is 5.93. The molecular formula is C14H20N4O3. The quantitative estimate of drug-likeness (QED) is 0.636. The average molecular weight is 292 g/mol. The molecule has 0 aromatic carbocycles. The number of carbonyl (C=O) groups excluding carboxylic acids is 1. The van der Waals surface area contributed by atoms with Gasteiger partial charge in [-0.15, -0.1) is 0 Å². The number of nitrogens with one attached hydrogen (secondary N) is 2.